The van der Waals surface area contributed by atoms with Gasteiger partial charge in [-0.25, -0.2) is 8.42 Å². The molecule has 1 rings (SSSR count). The summed E-state index contributed by atoms with van der Waals surface area (Å²) in [5.41, 5.74) is 0.621. The molecule has 1 atom stereocenters. The lowest BCUT2D eigenvalue weighted by molar-refractivity contribution is -0.119. The highest BCUT2D eigenvalue weighted by molar-refractivity contribution is 7.90. The second kappa shape index (κ2) is 6.00. The van der Waals surface area contributed by atoms with E-state index in [-0.39, 0.29) is 16.7 Å². The van der Waals surface area contributed by atoms with E-state index in [1.165, 1.54) is 12.1 Å². The highest BCUT2D eigenvalue weighted by atomic mass is 32.2. The van der Waals surface area contributed by atoms with Crippen molar-refractivity contribution in [1.82, 2.24) is 0 Å². The molecule has 0 radical (unpaired) electrons. The molecule has 0 aromatic heterocycles. The van der Waals surface area contributed by atoms with Crippen molar-refractivity contribution in [3.8, 4) is 0 Å². The lowest BCUT2D eigenvalue weighted by Gasteiger charge is -2.11. The van der Waals surface area contributed by atoms with E-state index in [2.05, 4.69) is 5.32 Å². The van der Waals surface area contributed by atoms with E-state index in [1.807, 2.05) is 13.8 Å². The normalized spacial score (nSPS) is 13.1. The number of hydrogen-bond donors (Lipinski definition) is 1. The Morgan fingerprint density at radius 3 is 2.28 bits per heavy atom. The van der Waals surface area contributed by atoms with Crippen molar-refractivity contribution in [1.29, 1.82) is 0 Å². The molecule has 1 amide bonds. The Bertz CT molecular complexity index is 506. The largest absolute Gasteiger partial charge is 0.326 e. The Kier molecular flexibility index (Phi) is 4.90. The Balaban J connectivity index is 2.73. The lowest BCUT2D eigenvalue weighted by Crippen LogP contribution is -2.20. The van der Waals surface area contributed by atoms with Gasteiger partial charge in [-0.05, 0) is 30.7 Å². The van der Waals surface area contributed by atoms with Crippen LogP contribution in [0.25, 0.3) is 0 Å². The minimum Gasteiger partial charge on any atom is -0.326 e. The average molecular weight is 269 g/mol. The van der Waals surface area contributed by atoms with Crippen LogP contribution in [0, 0.1) is 5.92 Å². The molecule has 1 aromatic rings. The van der Waals surface area contributed by atoms with Gasteiger partial charge in [0.15, 0.2) is 9.84 Å². The predicted octanol–water partition coefficient (Wildman–Crippen LogP) is 2.46. The Morgan fingerprint density at radius 1 is 1.28 bits per heavy atom. The van der Waals surface area contributed by atoms with E-state index in [0.29, 0.717) is 5.69 Å². The van der Waals surface area contributed by atoms with Crippen LogP contribution < -0.4 is 5.32 Å². The van der Waals surface area contributed by atoms with Crippen LogP contribution in [-0.2, 0) is 14.6 Å². The summed E-state index contributed by atoms with van der Waals surface area (Å²) in [5.74, 6) is -0.0754. The summed E-state index contributed by atoms with van der Waals surface area (Å²) in [6.07, 6.45) is 2.96. The molecule has 0 aliphatic heterocycles. The Labute approximate surface area is 108 Å². The first-order chi connectivity index (χ1) is 8.34. The van der Waals surface area contributed by atoms with E-state index in [9.17, 15) is 13.2 Å². The van der Waals surface area contributed by atoms with E-state index in [4.69, 9.17) is 0 Å². The number of sulfone groups is 1. The van der Waals surface area contributed by atoms with E-state index in [0.717, 1.165) is 19.1 Å². The number of carbonyl (C=O) groups is 1. The van der Waals surface area contributed by atoms with Crippen molar-refractivity contribution in [2.45, 2.75) is 31.6 Å². The first kappa shape index (κ1) is 14.7. The first-order valence-corrected chi connectivity index (χ1v) is 7.84. The SMILES string of the molecule is CCCC(C)C(=O)Nc1ccc(S(C)(=O)=O)cc1. The summed E-state index contributed by atoms with van der Waals surface area (Å²) >= 11 is 0. The zero-order chi connectivity index (χ0) is 13.8. The van der Waals surface area contributed by atoms with Crippen molar-refractivity contribution >= 4 is 21.4 Å². The molecular formula is C13H19NO3S. The summed E-state index contributed by atoms with van der Waals surface area (Å²) in [6.45, 7) is 3.91. The fourth-order valence-corrected chi connectivity index (χ4v) is 2.25. The number of carbonyl (C=O) groups excluding carboxylic acids is 1. The van der Waals surface area contributed by atoms with Crippen LogP contribution in [0.3, 0.4) is 0 Å². The van der Waals surface area contributed by atoms with E-state index >= 15 is 0 Å². The molecule has 5 heteroatoms. The van der Waals surface area contributed by atoms with Gasteiger partial charge < -0.3 is 5.32 Å². The summed E-state index contributed by atoms with van der Waals surface area (Å²) < 4.78 is 22.5. The molecule has 0 heterocycles. The number of benzene rings is 1. The van der Waals surface area contributed by atoms with Crippen molar-refractivity contribution in [2.24, 2.45) is 5.92 Å². The second-order valence-corrected chi connectivity index (χ2v) is 6.49. The van der Waals surface area contributed by atoms with Gasteiger partial charge in [-0.2, -0.15) is 0 Å². The zero-order valence-electron chi connectivity index (χ0n) is 10.9. The van der Waals surface area contributed by atoms with Crippen LogP contribution in [0.1, 0.15) is 26.7 Å². The number of nitrogens with one attached hydrogen (secondary N) is 1. The average Bonchev–Trinajstić information content (AvgIpc) is 2.28. The Morgan fingerprint density at radius 2 is 1.83 bits per heavy atom. The predicted molar refractivity (Wildman–Crippen MR) is 72.3 cm³/mol. The molecule has 1 aromatic carbocycles. The molecular weight excluding hydrogens is 250 g/mol. The van der Waals surface area contributed by atoms with Gasteiger partial charge in [-0.15, -0.1) is 0 Å². The van der Waals surface area contributed by atoms with Gasteiger partial charge in [0, 0.05) is 17.9 Å². The van der Waals surface area contributed by atoms with Crippen LogP contribution in [0.4, 0.5) is 5.69 Å². The summed E-state index contributed by atoms with van der Waals surface area (Å²) in [6, 6.07) is 6.20. The summed E-state index contributed by atoms with van der Waals surface area (Å²) in [5, 5.41) is 2.77. The molecule has 0 fully saturated rings. The van der Waals surface area contributed by atoms with Gasteiger partial charge >= 0.3 is 0 Å². The highest BCUT2D eigenvalue weighted by Crippen LogP contribution is 2.15. The molecule has 4 nitrogen and oxygen atoms in total. The second-order valence-electron chi connectivity index (χ2n) is 4.48. The van der Waals surface area contributed by atoms with Crippen molar-refractivity contribution < 1.29 is 13.2 Å². The zero-order valence-corrected chi connectivity index (χ0v) is 11.8. The molecule has 0 aliphatic rings. The van der Waals surface area contributed by atoms with Crippen LogP contribution in [0.2, 0.25) is 0 Å². The third kappa shape index (κ3) is 4.14. The fraction of sp³-hybridized carbons (Fsp3) is 0.462. The molecule has 100 valence electrons. The maximum absolute atomic E-state index is 11.8. The molecule has 0 saturated heterocycles. The lowest BCUT2D eigenvalue weighted by atomic mass is 10.1. The van der Waals surface area contributed by atoms with Crippen LogP contribution in [-0.4, -0.2) is 20.6 Å². The molecule has 0 aliphatic carbocycles. The first-order valence-electron chi connectivity index (χ1n) is 5.95. The van der Waals surface area contributed by atoms with Crippen LogP contribution >= 0.6 is 0 Å². The summed E-state index contributed by atoms with van der Waals surface area (Å²) in [4.78, 5) is 12.0. The van der Waals surface area contributed by atoms with Gasteiger partial charge in [0.1, 0.15) is 0 Å². The minimum atomic E-state index is -3.19. The third-order valence-corrected chi connectivity index (χ3v) is 3.85. The van der Waals surface area contributed by atoms with Crippen molar-refractivity contribution in [2.75, 3.05) is 11.6 Å². The summed E-state index contributed by atoms with van der Waals surface area (Å²) in [7, 11) is -3.19. The number of anilines is 1. The van der Waals surface area contributed by atoms with Gasteiger partial charge in [0.05, 0.1) is 4.90 Å². The van der Waals surface area contributed by atoms with E-state index < -0.39 is 9.84 Å². The maximum atomic E-state index is 11.8. The third-order valence-electron chi connectivity index (χ3n) is 2.72. The Hall–Kier alpha value is -1.36. The monoisotopic (exact) mass is 269 g/mol. The molecule has 1 N–H and O–H groups in total. The van der Waals surface area contributed by atoms with Crippen molar-refractivity contribution in [3.63, 3.8) is 0 Å². The quantitative estimate of drug-likeness (QED) is 0.893. The number of rotatable bonds is 5. The topological polar surface area (TPSA) is 63.2 Å². The van der Waals surface area contributed by atoms with Crippen molar-refractivity contribution in [3.05, 3.63) is 24.3 Å². The molecule has 0 spiro atoms. The van der Waals surface area contributed by atoms with Crippen LogP contribution in [0.15, 0.2) is 29.2 Å². The molecule has 0 bridgehead atoms. The maximum Gasteiger partial charge on any atom is 0.227 e. The van der Waals surface area contributed by atoms with Gasteiger partial charge in [-0.1, -0.05) is 20.3 Å². The van der Waals surface area contributed by atoms with Gasteiger partial charge in [0.2, 0.25) is 5.91 Å². The van der Waals surface area contributed by atoms with Crippen LogP contribution in [0.5, 0.6) is 0 Å². The van der Waals surface area contributed by atoms with Gasteiger partial charge in [-0.3, -0.25) is 4.79 Å². The molecule has 18 heavy (non-hydrogen) atoms. The highest BCUT2D eigenvalue weighted by Gasteiger charge is 2.12. The minimum absolute atomic E-state index is 0.0374. The molecule has 0 saturated carbocycles. The number of hydrogen-bond acceptors (Lipinski definition) is 3. The standard InChI is InChI=1S/C13H19NO3S/c1-4-5-10(2)13(15)14-11-6-8-12(9-7-11)18(3,16)17/h6-10H,4-5H2,1-3H3,(H,14,15). The molecule has 1 unspecified atom stereocenters. The van der Waals surface area contributed by atoms with Gasteiger partial charge in [0.25, 0.3) is 0 Å². The van der Waals surface area contributed by atoms with E-state index in [1.54, 1.807) is 12.1 Å². The number of amides is 1. The fourth-order valence-electron chi connectivity index (χ4n) is 1.62. The smallest absolute Gasteiger partial charge is 0.227 e.